The summed E-state index contributed by atoms with van der Waals surface area (Å²) in [6.07, 6.45) is 8.10. The highest BCUT2D eigenvalue weighted by molar-refractivity contribution is 5.31. The third-order valence-electron chi connectivity index (χ3n) is 6.26. The van der Waals surface area contributed by atoms with E-state index in [2.05, 4.69) is 30.6 Å². The number of rotatable bonds is 2. The zero-order valence-corrected chi connectivity index (χ0v) is 12.9. The van der Waals surface area contributed by atoms with Crippen LogP contribution in [0.2, 0.25) is 0 Å². The summed E-state index contributed by atoms with van der Waals surface area (Å²) in [5.74, 6) is 2.67. The summed E-state index contributed by atoms with van der Waals surface area (Å²) >= 11 is 0. The van der Waals surface area contributed by atoms with E-state index in [0.717, 1.165) is 23.3 Å². The van der Waals surface area contributed by atoms with Gasteiger partial charge in [0.2, 0.25) is 0 Å². The van der Waals surface area contributed by atoms with Gasteiger partial charge in [0, 0.05) is 22.7 Å². The van der Waals surface area contributed by atoms with Gasteiger partial charge in [0.25, 0.3) is 5.56 Å². The van der Waals surface area contributed by atoms with Gasteiger partial charge in [-0.25, -0.2) is 0 Å². The molecule has 1 N–H and O–H groups in total. The smallest absolute Gasteiger partial charge is 0.268 e. The third-order valence-corrected chi connectivity index (χ3v) is 6.26. The van der Waals surface area contributed by atoms with Gasteiger partial charge in [0.15, 0.2) is 0 Å². The van der Waals surface area contributed by atoms with Crippen molar-refractivity contribution in [2.45, 2.75) is 70.8 Å². The molecule has 110 valence electrons. The van der Waals surface area contributed by atoms with Gasteiger partial charge >= 0.3 is 0 Å². The lowest BCUT2D eigenvalue weighted by atomic mass is 9.48. The standard InChI is InChI=1S/C17H26N2O/c1-10(2)19-11(3)15(16(20)18-19)17-7-12-4-13(8-17)6-14(5-12)9-17/h10,12-14H,4-9H2,1-3H3,(H,18,20). The molecule has 20 heavy (non-hydrogen) atoms. The van der Waals surface area contributed by atoms with Crippen LogP contribution in [0.3, 0.4) is 0 Å². The van der Waals surface area contributed by atoms with E-state index in [4.69, 9.17) is 0 Å². The van der Waals surface area contributed by atoms with Crippen LogP contribution in [0.25, 0.3) is 0 Å². The Hall–Kier alpha value is -0.990. The topological polar surface area (TPSA) is 37.8 Å². The first-order valence-corrected chi connectivity index (χ1v) is 8.30. The summed E-state index contributed by atoms with van der Waals surface area (Å²) in [5.41, 5.74) is 2.75. The number of aromatic amines is 1. The molecule has 0 saturated heterocycles. The Morgan fingerprint density at radius 3 is 2.00 bits per heavy atom. The normalized spacial score (nSPS) is 38.9. The molecule has 1 aromatic rings. The van der Waals surface area contributed by atoms with Crippen molar-refractivity contribution in [3.63, 3.8) is 0 Å². The molecule has 0 unspecified atom stereocenters. The lowest BCUT2D eigenvalue weighted by Gasteiger charge is -2.56. The minimum absolute atomic E-state index is 0.193. The fraction of sp³-hybridized carbons (Fsp3) is 0.824. The zero-order chi connectivity index (χ0) is 14.1. The van der Waals surface area contributed by atoms with Crippen molar-refractivity contribution in [3.05, 3.63) is 21.6 Å². The molecule has 0 aliphatic heterocycles. The molecule has 4 bridgehead atoms. The Morgan fingerprint density at radius 1 is 1.10 bits per heavy atom. The predicted molar refractivity (Wildman–Crippen MR) is 80.0 cm³/mol. The van der Waals surface area contributed by atoms with Gasteiger partial charge in [-0.1, -0.05) is 0 Å². The first-order chi connectivity index (χ1) is 9.48. The molecule has 5 rings (SSSR count). The van der Waals surface area contributed by atoms with Gasteiger partial charge in [-0.05, 0) is 77.0 Å². The van der Waals surface area contributed by atoms with E-state index in [-0.39, 0.29) is 11.0 Å². The molecule has 3 heteroatoms. The maximum absolute atomic E-state index is 12.6. The molecule has 3 nitrogen and oxygen atoms in total. The maximum atomic E-state index is 12.6. The average Bonchev–Trinajstić information content (AvgIpc) is 2.63. The van der Waals surface area contributed by atoms with Crippen LogP contribution in [0.5, 0.6) is 0 Å². The molecule has 1 aromatic heterocycles. The Kier molecular flexibility index (Phi) is 2.56. The predicted octanol–water partition coefficient (Wildman–Crippen LogP) is 3.53. The Labute approximate surface area is 120 Å². The summed E-state index contributed by atoms with van der Waals surface area (Å²) in [7, 11) is 0. The molecule has 1 heterocycles. The third kappa shape index (κ3) is 1.61. The number of H-pyrrole nitrogens is 1. The van der Waals surface area contributed by atoms with Gasteiger partial charge in [0.1, 0.15) is 0 Å². The van der Waals surface area contributed by atoms with Crippen molar-refractivity contribution in [2.75, 3.05) is 0 Å². The van der Waals surface area contributed by atoms with E-state index < -0.39 is 0 Å². The lowest BCUT2D eigenvalue weighted by Crippen LogP contribution is -2.50. The van der Waals surface area contributed by atoms with Crippen LogP contribution in [-0.4, -0.2) is 9.78 Å². The second kappa shape index (κ2) is 4.02. The molecule has 0 aromatic carbocycles. The van der Waals surface area contributed by atoms with Crippen LogP contribution >= 0.6 is 0 Å². The SMILES string of the molecule is Cc1c(C23CC4CC(CC(C4)C2)C3)c(=O)[nH]n1C(C)C. The Balaban J connectivity index is 1.83. The minimum Gasteiger partial charge on any atom is -0.287 e. The molecule has 4 aliphatic carbocycles. The van der Waals surface area contributed by atoms with Crippen molar-refractivity contribution in [1.82, 2.24) is 9.78 Å². The van der Waals surface area contributed by atoms with E-state index in [9.17, 15) is 4.79 Å². The minimum atomic E-state index is 0.193. The summed E-state index contributed by atoms with van der Waals surface area (Å²) in [4.78, 5) is 12.6. The fourth-order valence-electron chi connectivity index (χ4n) is 6.09. The van der Waals surface area contributed by atoms with Gasteiger partial charge in [-0.2, -0.15) is 0 Å². The summed E-state index contributed by atoms with van der Waals surface area (Å²) in [5, 5.41) is 3.10. The van der Waals surface area contributed by atoms with Crippen LogP contribution in [0.1, 0.15) is 69.7 Å². The molecule has 0 radical (unpaired) electrons. The van der Waals surface area contributed by atoms with Crippen LogP contribution in [-0.2, 0) is 5.41 Å². The molecular weight excluding hydrogens is 248 g/mol. The molecule has 0 atom stereocenters. The second-order valence-corrected chi connectivity index (χ2v) is 8.06. The van der Waals surface area contributed by atoms with Crippen molar-refractivity contribution >= 4 is 0 Å². The lowest BCUT2D eigenvalue weighted by molar-refractivity contribution is -0.00597. The van der Waals surface area contributed by atoms with Gasteiger partial charge in [0.05, 0.1) is 0 Å². The summed E-state index contributed by atoms with van der Waals surface area (Å²) < 4.78 is 2.08. The molecule has 4 aliphatic rings. The van der Waals surface area contributed by atoms with Gasteiger partial charge < -0.3 is 0 Å². The van der Waals surface area contributed by atoms with Crippen molar-refractivity contribution in [2.24, 2.45) is 17.8 Å². The van der Waals surface area contributed by atoms with Crippen molar-refractivity contribution in [3.8, 4) is 0 Å². The zero-order valence-electron chi connectivity index (χ0n) is 12.9. The number of nitrogens with one attached hydrogen (secondary N) is 1. The maximum Gasteiger partial charge on any atom is 0.268 e. The van der Waals surface area contributed by atoms with E-state index in [1.165, 1.54) is 44.2 Å². The van der Waals surface area contributed by atoms with E-state index >= 15 is 0 Å². The molecular formula is C17H26N2O. The highest BCUT2D eigenvalue weighted by Gasteiger charge is 2.53. The highest BCUT2D eigenvalue weighted by atomic mass is 16.1. The van der Waals surface area contributed by atoms with E-state index in [1.54, 1.807) is 0 Å². The first-order valence-electron chi connectivity index (χ1n) is 8.30. The van der Waals surface area contributed by atoms with E-state index in [1.807, 2.05) is 0 Å². The quantitative estimate of drug-likeness (QED) is 0.880. The molecule has 4 fully saturated rings. The number of aromatic nitrogens is 2. The highest BCUT2D eigenvalue weighted by Crippen LogP contribution is 2.60. The summed E-state index contributed by atoms with van der Waals surface area (Å²) in [6, 6.07) is 0.338. The van der Waals surface area contributed by atoms with Crippen molar-refractivity contribution in [1.29, 1.82) is 0 Å². The Morgan fingerprint density at radius 2 is 1.60 bits per heavy atom. The molecule has 0 amide bonds. The van der Waals surface area contributed by atoms with Gasteiger partial charge in [-0.15, -0.1) is 0 Å². The van der Waals surface area contributed by atoms with Crippen molar-refractivity contribution < 1.29 is 0 Å². The second-order valence-electron chi connectivity index (χ2n) is 8.06. The Bertz CT molecular complexity index is 557. The van der Waals surface area contributed by atoms with Crippen LogP contribution in [0.15, 0.2) is 4.79 Å². The number of hydrogen-bond acceptors (Lipinski definition) is 1. The van der Waals surface area contributed by atoms with Crippen LogP contribution in [0, 0.1) is 24.7 Å². The average molecular weight is 274 g/mol. The summed E-state index contributed by atoms with van der Waals surface area (Å²) in [6.45, 7) is 6.44. The first kappa shape index (κ1) is 12.7. The van der Waals surface area contributed by atoms with Crippen LogP contribution < -0.4 is 5.56 Å². The number of nitrogens with zero attached hydrogens (tertiary/aromatic N) is 1. The molecule has 4 saturated carbocycles. The molecule has 0 spiro atoms. The van der Waals surface area contributed by atoms with Gasteiger partial charge in [-0.3, -0.25) is 14.6 Å². The monoisotopic (exact) mass is 274 g/mol. The van der Waals surface area contributed by atoms with Crippen LogP contribution in [0.4, 0.5) is 0 Å². The van der Waals surface area contributed by atoms with E-state index in [0.29, 0.717) is 6.04 Å². The number of hydrogen-bond donors (Lipinski definition) is 1. The fourth-order valence-corrected chi connectivity index (χ4v) is 6.09. The largest absolute Gasteiger partial charge is 0.287 e.